The first-order chi connectivity index (χ1) is 9.06. The number of carboxylic acids is 1. The molecule has 19 heavy (non-hydrogen) atoms. The van der Waals surface area contributed by atoms with Crippen LogP contribution in [0.15, 0.2) is 36.5 Å². The van der Waals surface area contributed by atoms with E-state index < -0.39 is 11.9 Å². The molecule has 96 valence electrons. The molecular formula is C12H8ClN3O3. The quantitative estimate of drug-likeness (QED) is 0.896. The zero-order valence-corrected chi connectivity index (χ0v) is 10.3. The minimum absolute atomic E-state index is 0.00310. The predicted octanol–water partition coefficient (Wildman–Crippen LogP) is 2.08. The molecule has 0 radical (unpaired) electrons. The molecule has 0 aliphatic heterocycles. The lowest BCUT2D eigenvalue weighted by Gasteiger charge is -2.04. The molecule has 7 heteroatoms. The van der Waals surface area contributed by atoms with E-state index in [-0.39, 0.29) is 11.4 Å². The smallest absolute Gasteiger partial charge is 0.354 e. The Morgan fingerprint density at radius 1 is 1.16 bits per heavy atom. The SMILES string of the molecule is O=C(O)c1cccc(C(=O)Nc2ccc(Cl)cn2)n1. The van der Waals surface area contributed by atoms with E-state index in [2.05, 4.69) is 15.3 Å². The highest BCUT2D eigenvalue weighted by Crippen LogP contribution is 2.10. The van der Waals surface area contributed by atoms with Crippen molar-refractivity contribution in [3.63, 3.8) is 0 Å². The van der Waals surface area contributed by atoms with Gasteiger partial charge < -0.3 is 10.4 Å². The van der Waals surface area contributed by atoms with Gasteiger partial charge in [0.25, 0.3) is 5.91 Å². The fourth-order valence-electron chi connectivity index (χ4n) is 1.31. The molecule has 0 fully saturated rings. The van der Waals surface area contributed by atoms with Crippen LogP contribution >= 0.6 is 11.6 Å². The van der Waals surface area contributed by atoms with Gasteiger partial charge in [0.15, 0.2) is 0 Å². The first kappa shape index (κ1) is 13.0. The van der Waals surface area contributed by atoms with Crippen LogP contribution in [0.25, 0.3) is 0 Å². The van der Waals surface area contributed by atoms with Crippen molar-refractivity contribution in [1.82, 2.24) is 9.97 Å². The fraction of sp³-hybridized carbons (Fsp3) is 0. The van der Waals surface area contributed by atoms with Gasteiger partial charge in [0.1, 0.15) is 17.2 Å². The maximum Gasteiger partial charge on any atom is 0.354 e. The minimum Gasteiger partial charge on any atom is -0.477 e. The van der Waals surface area contributed by atoms with Gasteiger partial charge in [0.05, 0.1) is 5.02 Å². The molecule has 0 bridgehead atoms. The van der Waals surface area contributed by atoms with E-state index in [4.69, 9.17) is 16.7 Å². The lowest BCUT2D eigenvalue weighted by molar-refractivity contribution is 0.0690. The number of nitrogens with zero attached hydrogens (tertiary/aromatic N) is 2. The van der Waals surface area contributed by atoms with Gasteiger partial charge in [-0.25, -0.2) is 14.8 Å². The molecule has 0 spiro atoms. The minimum atomic E-state index is -1.20. The summed E-state index contributed by atoms with van der Waals surface area (Å²) in [5.74, 6) is -1.44. The number of carbonyl (C=O) groups excluding carboxylic acids is 1. The summed E-state index contributed by atoms with van der Waals surface area (Å²) in [7, 11) is 0. The second-order valence-electron chi connectivity index (χ2n) is 3.53. The summed E-state index contributed by atoms with van der Waals surface area (Å²) in [5.41, 5.74) is -0.201. The van der Waals surface area contributed by atoms with Crippen LogP contribution in [0.3, 0.4) is 0 Å². The number of hydrogen-bond donors (Lipinski definition) is 2. The van der Waals surface area contributed by atoms with Crippen molar-refractivity contribution in [2.45, 2.75) is 0 Å². The Labute approximate surface area is 113 Å². The van der Waals surface area contributed by atoms with Crippen LogP contribution in [-0.2, 0) is 0 Å². The number of pyridine rings is 2. The molecule has 0 saturated carbocycles. The highest BCUT2D eigenvalue weighted by molar-refractivity contribution is 6.30. The number of carboxylic acid groups (broad SMARTS) is 1. The lowest BCUT2D eigenvalue weighted by atomic mass is 10.3. The van der Waals surface area contributed by atoms with E-state index in [1.54, 1.807) is 6.07 Å². The van der Waals surface area contributed by atoms with Crippen molar-refractivity contribution in [3.8, 4) is 0 Å². The molecule has 2 N–H and O–H groups in total. The maximum absolute atomic E-state index is 11.8. The third kappa shape index (κ3) is 3.26. The van der Waals surface area contributed by atoms with Crippen LogP contribution in [-0.4, -0.2) is 27.0 Å². The topological polar surface area (TPSA) is 92.2 Å². The molecule has 2 rings (SSSR count). The molecule has 0 saturated heterocycles. The summed E-state index contributed by atoms with van der Waals surface area (Å²) >= 11 is 5.67. The number of carbonyl (C=O) groups is 2. The Morgan fingerprint density at radius 2 is 1.89 bits per heavy atom. The third-order valence-corrected chi connectivity index (χ3v) is 2.39. The Hall–Kier alpha value is -2.47. The van der Waals surface area contributed by atoms with Gasteiger partial charge >= 0.3 is 5.97 Å². The summed E-state index contributed by atoms with van der Waals surface area (Å²) in [6.45, 7) is 0. The van der Waals surface area contributed by atoms with E-state index >= 15 is 0 Å². The fourth-order valence-corrected chi connectivity index (χ4v) is 1.42. The molecule has 2 aromatic heterocycles. The summed E-state index contributed by atoms with van der Waals surface area (Å²) in [6, 6.07) is 7.27. The van der Waals surface area contributed by atoms with Gasteiger partial charge in [-0.05, 0) is 24.3 Å². The number of aromatic nitrogens is 2. The number of nitrogens with one attached hydrogen (secondary N) is 1. The number of amides is 1. The average molecular weight is 278 g/mol. The monoisotopic (exact) mass is 277 g/mol. The molecule has 6 nitrogen and oxygen atoms in total. The van der Waals surface area contributed by atoms with Crippen molar-refractivity contribution in [3.05, 3.63) is 52.9 Å². The summed E-state index contributed by atoms with van der Waals surface area (Å²) < 4.78 is 0. The Bertz CT molecular complexity index is 628. The Balaban J connectivity index is 2.18. The predicted molar refractivity (Wildman–Crippen MR) is 68.4 cm³/mol. The molecule has 0 aliphatic carbocycles. The maximum atomic E-state index is 11.8. The molecule has 0 atom stereocenters. The van der Waals surface area contributed by atoms with Gasteiger partial charge in [0.2, 0.25) is 0 Å². The zero-order valence-electron chi connectivity index (χ0n) is 9.50. The molecule has 1 amide bonds. The normalized spacial score (nSPS) is 9.95. The lowest BCUT2D eigenvalue weighted by Crippen LogP contribution is -2.16. The van der Waals surface area contributed by atoms with Gasteiger partial charge in [-0.3, -0.25) is 4.79 Å². The molecule has 0 aromatic carbocycles. The van der Waals surface area contributed by atoms with Crippen molar-refractivity contribution in [1.29, 1.82) is 0 Å². The first-order valence-electron chi connectivity index (χ1n) is 5.19. The molecular weight excluding hydrogens is 270 g/mol. The largest absolute Gasteiger partial charge is 0.477 e. The van der Waals surface area contributed by atoms with E-state index in [0.717, 1.165) is 0 Å². The summed E-state index contributed by atoms with van der Waals surface area (Å²) in [5, 5.41) is 11.7. The number of hydrogen-bond acceptors (Lipinski definition) is 4. The number of halogens is 1. The Kier molecular flexibility index (Phi) is 3.72. The first-order valence-corrected chi connectivity index (χ1v) is 5.57. The summed E-state index contributed by atoms with van der Waals surface area (Å²) in [6.07, 6.45) is 1.39. The van der Waals surface area contributed by atoms with E-state index in [0.29, 0.717) is 10.8 Å². The zero-order chi connectivity index (χ0) is 13.8. The van der Waals surface area contributed by atoms with Crippen LogP contribution in [0.5, 0.6) is 0 Å². The number of rotatable bonds is 3. The van der Waals surface area contributed by atoms with Gasteiger partial charge in [0, 0.05) is 6.20 Å². The third-order valence-electron chi connectivity index (χ3n) is 2.17. The molecule has 2 aromatic rings. The molecule has 0 aliphatic rings. The van der Waals surface area contributed by atoms with Gasteiger partial charge in [-0.1, -0.05) is 17.7 Å². The van der Waals surface area contributed by atoms with Crippen LogP contribution in [0.1, 0.15) is 21.0 Å². The van der Waals surface area contributed by atoms with E-state index in [1.807, 2.05) is 0 Å². The van der Waals surface area contributed by atoms with Crippen molar-refractivity contribution < 1.29 is 14.7 Å². The number of anilines is 1. The van der Waals surface area contributed by atoms with E-state index in [9.17, 15) is 9.59 Å². The number of aromatic carboxylic acids is 1. The van der Waals surface area contributed by atoms with Crippen LogP contribution in [0.4, 0.5) is 5.82 Å². The average Bonchev–Trinajstić information content (AvgIpc) is 2.41. The van der Waals surface area contributed by atoms with Crippen LogP contribution in [0.2, 0.25) is 5.02 Å². The Morgan fingerprint density at radius 3 is 2.53 bits per heavy atom. The molecule has 0 unspecified atom stereocenters. The highest BCUT2D eigenvalue weighted by Gasteiger charge is 2.11. The second kappa shape index (κ2) is 5.45. The van der Waals surface area contributed by atoms with Gasteiger partial charge in [-0.2, -0.15) is 0 Å². The highest BCUT2D eigenvalue weighted by atomic mass is 35.5. The van der Waals surface area contributed by atoms with Crippen molar-refractivity contribution >= 4 is 29.3 Å². The van der Waals surface area contributed by atoms with Crippen molar-refractivity contribution in [2.75, 3.05) is 5.32 Å². The second-order valence-corrected chi connectivity index (χ2v) is 3.97. The van der Waals surface area contributed by atoms with E-state index in [1.165, 1.54) is 30.5 Å². The van der Waals surface area contributed by atoms with Crippen LogP contribution < -0.4 is 5.32 Å². The molecule has 2 heterocycles. The van der Waals surface area contributed by atoms with Crippen molar-refractivity contribution in [2.24, 2.45) is 0 Å². The summed E-state index contributed by atoms with van der Waals surface area (Å²) in [4.78, 5) is 30.2. The van der Waals surface area contributed by atoms with Crippen LogP contribution in [0, 0.1) is 0 Å². The van der Waals surface area contributed by atoms with Gasteiger partial charge in [-0.15, -0.1) is 0 Å². The standard InChI is InChI=1S/C12H8ClN3O3/c13-7-4-5-10(14-6-7)16-11(17)8-2-1-3-9(15-8)12(18)19/h1-6H,(H,18,19)(H,14,16,17).